The molecule has 0 unspecified atom stereocenters. The molecular weight excluding hydrogens is 438 g/mol. The van der Waals surface area contributed by atoms with Crippen LogP contribution >= 0.6 is 0 Å². The van der Waals surface area contributed by atoms with Crippen molar-refractivity contribution in [3.8, 4) is 0 Å². The summed E-state index contributed by atoms with van der Waals surface area (Å²) in [5, 5.41) is 0. The van der Waals surface area contributed by atoms with Gasteiger partial charge in [-0.05, 0) is 54.6 Å². The fraction of sp³-hybridized carbons (Fsp3) is 0.182. The molecule has 0 bridgehead atoms. The molecule has 0 radical (unpaired) electrons. The number of halogens is 2. The third kappa shape index (κ3) is 4.86. The van der Waals surface area contributed by atoms with Crippen LogP contribution in [0.3, 0.4) is 0 Å². The number of sulfonamides is 1. The van der Waals surface area contributed by atoms with E-state index in [2.05, 4.69) is 14.6 Å². The van der Waals surface area contributed by atoms with E-state index in [1.165, 1.54) is 30.6 Å². The number of hydrogen-bond donors (Lipinski definition) is 1. The number of rotatable bonds is 5. The second-order valence-corrected chi connectivity index (χ2v) is 8.96. The Morgan fingerprint density at radius 1 is 0.875 bits per heavy atom. The summed E-state index contributed by atoms with van der Waals surface area (Å²) in [6.45, 7) is 2.09. The Hall–Kier alpha value is -3.53. The van der Waals surface area contributed by atoms with Gasteiger partial charge in [-0.3, -0.25) is 14.5 Å². The first-order valence-corrected chi connectivity index (χ1v) is 11.3. The van der Waals surface area contributed by atoms with Crippen LogP contribution in [-0.2, 0) is 10.0 Å². The summed E-state index contributed by atoms with van der Waals surface area (Å²) < 4.78 is 53.6. The van der Waals surface area contributed by atoms with Gasteiger partial charge in [-0.15, -0.1) is 0 Å². The summed E-state index contributed by atoms with van der Waals surface area (Å²) in [6, 6.07) is 12.0. The van der Waals surface area contributed by atoms with Crippen LogP contribution in [0.2, 0.25) is 0 Å². The smallest absolute Gasteiger partial charge is 0.261 e. The molecule has 0 aliphatic carbocycles. The number of nitrogens with one attached hydrogen (secondary N) is 1. The molecule has 0 spiro atoms. The maximum Gasteiger partial charge on any atom is 0.261 e. The minimum absolute atomic E-state index is 0.104. The third-order valence-electron chi connectivity index (χ3n) is 5.12. The number of aromatic nitrogens is 1. The molecule has 1 N–H and O–H groups in total. The van der Waals surface area contributed by atoms with Gasteiger partial charge in [-0.2, -0.15) is 0 Å². The fourth-order valence-corrected chi connectivity index (χ4v) is 4.48. The van der Waals surface area contributed by atoms with Gasteiger partial charge in [0, 0.05) is 38.1 Å². The lowest BCUT2D eigenvalue weighted by atomic mass is 10.2. The second kappa shape index (κ2) is 8.91. The van der Waals surface area contributed by atoms with Crippen LogP contribution in [0.4, 0.5) is 20.2 Å². The molecule has 1 aliphatic heterocycles. The summed E-state index contributed by atoms with van der Waals surface area (Å²) in [5.74, 6) is -1.11. The van der Waals surface area contributed by atoms with Crippen LogP contribution in [0.25, 0.3) is 0 Å². The molecule has 32 heavy (non-hydrogen) atoms. The van der Waals surface area contributed by atoms with Crippen LogP contribution in [0.5, 0.6) is 0 Å². The summed E-state index contributed by atoms with van der Waals surface area (Å²) in [7, 11) is -3.95. The average Bonchev–Trinajstić information content (AvgIpc) is 2.79. The summed E-state index contributed by atoms with van der Waals surface area (Å²) in [5.41, 5.74) is 1.27. The minimum Gasteiger partial charge on any atom is -0.368 e. The van der Waals surface area contributed by atoms with Crippen LogP contribution in [-0.4, -0.2) is 50.4 Å². The van der Waals surface area contributed by atoms with Crippen molar-refractivity contribution in [1.82, 2.24) is 9.88 Å². The van der Waals surface area contributed by atoms with E-state index >= 15 is 0 Å². The lowest BCUT2D eigenvalue weighted by Gasteiger charge is -2.36. The summed E-state index contributed by atoms with van der Waals surface area (Å²) in [6.07, 6.45) is 2.68. The third-order valence-corrected chi connectivity index (χ3v) is 6.52. The molecule has 1 aromatic heterocycles. The van der Waals surface area contributed by atoms with E-state index in [0.717, 1.165) is 30.0 Å². The Morgan fingerprint density at radius 2 is 1.47 bits per heavy atom. The molecule has 1 saturated heterocycles. The maximum atomic E-state index is 13.1. The molecule has 166 valence electrons. The molecule has 1 amide bonds. The molecule has 0 saturated carbocycles. The van der Waals surface area contributed by atoms with Crippen LogP contribution in [0.1, 0.15) is 10.4 Å². The average molecular weight is 458 g/mol. The predicted octanol–water partition coefficient (Wildman–Crippen LogP) is 3.12. The monoisotopic (exact) mass is 458 g/mol. The van der Waals surface area contributed by atoms with Crippen molar-refractivity contribution >= 4 is 27.3 Å². The SMILES string of the molecule is O=C(c1cncc(NS(=O)(=O)c2ccc(F)cc2)c1)N1CCN(c2ccc(F)cc2)CC1. The number of benzene rings is 2. The lowest BCUT2D eigenvalue weighted by molar-refractivity contribution is 0.0746. The number of piperazine rings is 1. The van der Waals surface area contributed by atoms with Gasteiger partial charge in [0.2, 0.25) is 0 Å². The van der Waals surface area contributed by atoms with Crippen molar-refractivity contribution in [2.24, 2.45) is 0 Å². The van der Waals surface area contributed by atoms with E-state index < -0.39 is 15.8 Å². The van der Waals surface area contributed by atoms with E-state index in [9.17, 15) is 22.0 Å². The van der Waals surface area contributed by atoms with Gasteiger partial charge in [-0.1, -0.05) is 0 Å². The molecule has 1 aliphatic rings. The van der Waals surface area contributed by atoms with E-state index in [-0.39, 0.29) is 27.9 Å². The minimum atomic E-state index is -3.95. The number of pyridine rings is 1. The molecular formula is C22H20F2N4O3S. The standard InChI is InChI=1S/C22H20F2N4O3S/c23-17-1-5-20(6-2-17)27-9-11-28(12-10-27)22(29)16-13-19(15-25-14-16)26-32(30,31)21-7-3-18(24)4-8-21/h1-8,13-15,26H,9-12H2. The van der Waals surface area contributed by atoms with Crippen molar-refractivity contribution in [3.63, 3.8) is 0 Å². The maximum absolute atomic E-state index is 13.1. The van der Waals surface area contributed by atoms with Crippen LogP contribution in [0, 0.1) is 11.6 Å². The zero-order chi connectivity index (χ0) is 22.7. The van der Waals surface area contributed by atoms with Gasteiger partial charge in [-0.25, -0.2) is 17.2 Å². The van der Waals surface area contributed by atoms with Crippen molar-refractivity contribution in [2.75, 3.05) is 35.8 Å². The van der Waals surface area contributed by atoms with Crippen LogP contribution < -0.4 is 9.62 Å². The molecule has 10 heteroatoms. The molecule has 4 rings (SSSR count). The summed E-state index contributed by atoms with van der Waals surface area (Å²) >= 11 is 0. The van der Waals surface area contributed by atoms with Gasteiger partial charge in [0.1, 0.15) is 11.6 Å². The van der Waals surface area contributed by atoms with E-state index in [4.69, 9.17) is 0 Å². The molecule has 3 aromatic rings. The number of carbonyl (C=O) groups excluding carboxylic acids is 1. The normalized spacial score (nSPS) is 14.3. The number of hydrogen-bond acceptors (Lipinski definition) is 5. The Kier molecular flexibility index (Phi) is 6.04. The van der Waals surface area contributed by atoms with Gasteiger partial charge < -0.3 is 9.80 Å². The Morgan fingerprint density at radius 3 is 2.09 bits per heavy atom. The van der Waals surface area contributed by atoms with Crippen molar-refractivity contribution in [3.05, 3.63) is 84.2 Å². The summed E-state index contributed by atoms with van der Waals surface area (Å²) in [4.78, 5) is 20.5. The van der Waals surface area contributed by atoms with Crippen molar-refractivity contribution < 1.29 is 22.0 Å². The highest BCUT2D eigenvalue weighted by Crippen LogP contribution is 2.20. The largest absolute Gasteiger partial charge is 0.368 e. The highest BCUT2D eigenvalue weighted by Gasteiger charge is 2.23. The topological polar surface area (TPSA) is 82.6 Å². The lowest BCUT2D eigenvalue weighted by Crippen LogP contribution is -2.48. The quantitative estimate of drug-likeness (QED) is 0.635. The Bertz CT molecular complexity index is 1210. The zero-order valence-corrected chi connectivity index (χ0v) is 17.7. The van der Waals surface area contributed by atoms with E-state index in [1.54, 1.807) is 17.0 Å². The number of nitrogens with zero attached hydrogens (tertiary/aromatic N) is 3. The number of anilines is 2. The van der Waals surface area contributed by atoms with E-state index in [0.29, 0.717) is 26.2 Å². The molecule has 0 atom stereocenters. The van der Waals surface area contributed by atoms with Gasteiger partial charge >= 0.3 is 0 Å². The first kappa shape index (κ1) is 21.7. The molecule has 2 heterocycles. The number of amides is 1. The molecule has 2 aromatic carbocycles. The molecule has 1 fully saturated rings. The van der Waals surface area contributed by atoms with E-state index in [1.807, 2.05) is 0 Å². The van der Waals surface area contributed by atoms with Gasteiger partial charge in [0.05, 0.1) is 22.3 Å². The van der Waals surface area contributed by atoms with Gasteiger partial charge in [0.25, 0.3) is 15.9 Å². The Balaban J connectivity index is 1.42. The Labute approximate surface area is 184 Å². The highest BCUT2D eigenvalue weighted by atomic mass is 32.2. The zero-order valence-electron chi connectivity index (χ0n) is 16.9. The fourth-order valence-electron chi connectivity index (χ4n) is 3.44. The van der Waals surface area contributed by atoms with Crippen molar-refractivity contribution in [1.29, 1.82) is 0 Å². The first-order valence-electron chi connectivity index (χ1n) is 9.85. The predicted molar refractivity (Wildman–Crippen MR) is 116 cm³/mol. The number of carbonyl (C=O) groups is 1. The van der Waals surface area contributed by atoms with Crippen LogP contribution in [0.15, 0.2) is 71.9 Å². The first-order chi connectivity index (χ1) is 15.3. The second-order valence-electron chi connectivity index (χ2n) is 7.28. The molecule has 7 nitrogen and oxygen atoms in total. The van der Waals surface area contributed by atoms with Crippen molar-refractivity contribution in [2.45, 2.75) is 4.90 Å². The highest BCUT2D eigenvalue weighted by molar-refractivity contribution is 7.92. The van der Waals surface area contributed by atoms with Gasteiger partial charge in [0.15, 0.2) is 0 Å².